The third-order valence-electron chi connectivity index (χ3n) is 4.33. The molecule has 0 saturated carbocycles. The molecule has 0 radical (unpaired) electrons. The maximum absolute atomic E-state index is 12.4. The number of benzene rings is 2. The Morgan fingerprint density at radius 3 is 2.04 bits per heavy atom. The fourth-order valence-electron chi connectivity index (χ4n) is 2.94. The highest BCUT2D eigenvalue weighted by Crippen LogP contribution is 2.27. The van der Waals surface area contributed by atoms with Crippen molar-refractivity contribution in [3.63, 3.8) is 0 Å². The van der Waals surface area contributed by atoms with E-state index in [1.165, 1.54) is 11.0 Å². The van der Waals surface area contributed by atoms with Crippen LogP contribution < -0.4 is 15.5 Å². The summed E-state index contributed by atoms with van der Waals surface area (Å²) in [5, 5.41) is 5.43. The minimum absolute atomic E-state index is 0.220. The standard InChI is InChI=1S/C20H22N4O3/c1-12(2)24-18(25)16-10-7-14(11-17(16)19(24)26)22-20(27)21-13-5-8-15(9-6-13)23(3)4/h5-12H,1-4H3,(H2,21,22,27). The second kappa shape index (κ2) is 7.11. The summed E-state index contributed by atoms with van der Waals surface area (Å²) in [4.78, 5) is 40.2. The van der Waals surface area contributed by atoms with Gasteiger partial charge in [-0.1, -0.05) is 0 Å². The number of anilines is 3. The van der Waals surface area contributed by atoms with E-state index < -0.39 is 6.03 Å². The molecule has 3 rings (SSSR count). The zero-order chi connectivity index (χ0) is 19.7. The van der Waals surface area contributed by atoms with Crippen LogP contribution in [0.3, 0.4) is 0 Å². The summed E-state index contributed by atoms with van der Waals surface area (Å²) in [5.41, 5.74) is 2.79. The van der Waals surface area contributed by atoms with Crippen LogP contribution >= 0.6 is 0 Å². The van der Waals surface area contributed by atoms with Crippen LogP contribution in [-0.4, -0.2) is 42.9 Å². The van der Waals surface area contributed by atoms with Crippen molar-refractivity contribution in [2.45, 2.75) is 19.9 Å². The highest BCUT2D eigenvalue weighted by Gasteiger charge is 2.37. The normalized spacial score (nSPS) is 13.0. The molecule has 0 aliphatic carbocycles. The average Bonchev–Trinajstić information content (AvgIpc) is 2.86. The van der Waals surface area contributed by atoms with E-state index in [4.69, 9.17) is 0 Å². The Kier molecular flexibility index (Phi) is 4.85. The van der Waals surface area contributed by atoms with Crippen LogP contribution in [0.15, 0.2) is 42.5 Å². The molecule has 7 heteroatoms. The molecule has 1 heterocycles. The van der Waals surface area contributed by atoms with Gasteiger partial charge in [-0.15, -0.1) is 0 Å². The first kappa shape index (κ1) is 18.4. The highest BCUT2D eigenvalue weighted by molar-refractivity contribution is 6.22. The molecule has 4 amide bonds. The first-order chi connectivity index (χ1) is 12.8. The van der Waals surface area contributed by atoms with E-state index in [1.54, 1.807) is 38.1 Å². The Balaban J connectivity index is 1.71. The number of carbonyl (C=O) groups excluding carboxylic acids is 3. The monoisotopic (exact) mass is 366 g/mol. The van der Waals surface area contributed by atoms with E-state index in [9.17, 15) is 14.4 Å². The minimum atomic E-state index is -0.426. The van der Waals surface area contributed by atoms with E-state index in [2.05, 4.69) is 10.6 Å². The fraction of sp³-hybridized carbons (Fsp3) is 0.250. The molecule has 0 atom stereocenters. The molecule has 2 N–H and O–H groups in total. The van der Waals surface area contributed by atoms with Gasteiger partial charge in [0.1, 0.15) is 0 Å². The van der Waals surface area contributed by atoms with Gasteiger partial charge < -0.3 is 15.5 Å². The van der Waals surface area contributed by atoms with Crippen molar-refractivity contribution in [2.75, 3.05) is 29.6 Å². The van der Waals surface area contributed by atoms with Gasteiger partial charge in [0, 0.05) is 37.2 Å². The SMILES string of the molecule is CC(C)N1C(=O)c2ccc(NC(=O)Nc3ccc(N(C)C)cc3)cc2C1=O. The summed E-state index contributed by atoms with van der Waals surface area (Å²) in [7, 11) is 3.88. The molecule has 0 saturated heterocycles. The number of rotatable bonds is 4. The summed E-state index contributed by atoms with van der Waals surface area (Å²) in [6.07, 6.45) is 0. The van der Waals surface area contributed by atoms with E-state index in [0.29, 0.717) is 22.5 Å². The molecule has 1 aliphatic rings. The van der Waals surface area contributed by atoms with Crippen molar-refractivity contribution in [2.24, 2.45) is 0 Å². The van der Waals surface area contributed by atoms with Crippen molar-refractivity contribution in [1.29, 1.82) is 0 Å². The third kappa shape index (κ3) is 3.62. The van der Waals surface area contributed by atoms with Crippen molar-refractivity contribution in [3.8, 4) is 0 Å². The van der Waals surface area contributed by atoms with Crippen LogP contribution in [-0.2, 0) is 0 Å². The molecule has 0 spiro atoms. The molecule has 2 aromatic rings. The average molecular weight is 366 g/mol. The van der Waals surface area contributed by atoms with Gasteiger partial charge in [0.15, 0.2) is 0 Å². The lowest BCUT2D eigenvalue weighted by atomic mass is 10.1. The Hall–Kier alpha value is -3.35. The number of fused-ring (bicyclic) bond motifs is 1. The summed E-state index contributed by atoms with van der Waals surface area (Å²) in [5.74, 6) is -0.643. The Morgan fingerprint density at radius 2 is 1.44 bits per heavy atom. The number of amides is 4. The predicted molar refractivity (Wildman–Crippen MR) is 105 cm³/mol. The van der Waals surface area contributed by atoms with Gasteiger partial charge in [-0.3, -0.25) is 14.5 Å². The van der Waals surface area contributed by atoms with Crippen LogP contribution in [0.4, 0.5) is 21.9 Å². The largest absolute Gasteiger partial charge is 0.378 e. The van der Waals surface area contributed by atoms with E-state index in [0.717, 1.165) is 5.69 Å². The molecular weight excluding hydrogens is 344 g/mol. The van der Waals surface area contributed by atoms with E-state index in [1.807, 2.05) is 31.1 Å². The van der Waals surface area contributed by atoms with Gasteiger partial charge in [0.25, 0.3) is 11.8 Å². The molecule has 27 heavy (non-hydrogen) atoms. The number of imide groups is 1. The summed E-state index contributed by atoms with van der Waals surface area (Å²) >= 11 is 0. The summed E-state index contributed by atoms with van der Waals surface area (Å²) < 4.78 is 0. The van der Waals surface area contributed by atoms with Gasteiger partial charge in [-0.05, 0) is 56.3 Å². The molecule has 0 aromatic heterocycles. The van der Waals surface area contributed by atoms with Crippen LogP contribution in [0.2, 0.25) is 0 Å². The van der Waals surface area contributed by atoms with Crippen LogP contribution in [0.5, 0.6) is 0 Å². The Bertz CT molecular complexity index is 904. The lowest BCUT2D eigenvalue weighted by Gasteiger charge is -2.17. The molecule has 7 nitrogen and oxygen atoms in total. The first-order valence-corrected chi connectivity index (χ1v) is 8.65. The van der Waals surface area contributed by atoms with Gasteiger partial charge in [0.2, 0.25) is 0 Å². The topological polar surface area (TPSA) is 81.8 Å². The molecule has 1 aliphatic heterocycles. The van der Waals surface area contributed by atoms with Gasteiger partial charge >= 0.3 is 6.03 Å². The molecule has 0 bridgehead atoms. The number of urea groups is 1. The maximum atomic E-state index is 12.4. The van der Waals surface area contributed by atoms with Crippen LogP contribution in [0.1, 0.15) is 34.6 Å². The summed E-state index contributed by atoms with van der Waals surface area (Å²) in [6, 6.07) is 11.5. The molecular formula is C20H22N4O3. The number of hydrogen-bond acceptors (Lipinski definition) is 4. The molecule has 2 aromatic carbocycles. The Morgan fingerprint density at radius 1 is 0.889 bits per heavy atom. The lowest BCUT2D eigenvalue weighted by molar-refractivity contribution is 0.0609. The van der Waals surface area contributed by atoms with Crippen LogP contribution in [0.25, 0.3) is 0 Å². The van der Waals surface area contributed by atoms with Crippen LogP contribution in [0, 0.1) is 0 Å². The van der Waals surface area contributed by atoms with Gasteiger partial charge in [0.05, 0.1) is 11.1 Å². The van der Waals surface area contributed by atoms with Gasteiger partial charge in [-0.25, -0.2) is 4.79 Å². The number of nitrogens with zero attached hydrogens (tertiary/aromatic N) is 2. The summed E-state index contributed by atoms with van der Waals surface area (Å²) in [6.45, 7) is 3.58. The maximum Gasteiger partial charge on any atom is 0.323 e. The second-order valence-electron chi connectivity index (χ2n) is 6.85. The van der Waals surface area contributed by atoms with Crippen molar-refractivity contribution in [1.82, 2.24) is 4.90 Å². The van der Waals surface area contributed by atoms with E-state index in [-0.39, 0.29) is 17.9 Å². The second-order valence-corrected chi connectivity index (χ2v) is 6.85. The minimum Gasteiger partial charge on any atom is -0.378 e. The Labute approximate surface area is 158 Å². The number of nitrogens with one attached hydrogen (secondary N) is 2. The fourth-order valence-corrected chi connectivity index (χ4v) is 2.94. The quantitative estimate of drug-likeness (QED) is 0.813. The van der Waals surface area contributed by atoms with Crippen molar-refractivity contribution in [3.05, 3.63) is 53.6 Å². The smallest absolute Gasteiger partial charge is 0.323 e. The lowest BCUT2D eigenvalue weighted by Crippen LogP contribution is -2.35. The third-order valence-corrected chi connectivity index (χ3v) is 4.33. The van der Waals surface area contributed by atoms with E-state index >= 15 is 0 Å². The zero-order valence-corrected chi connectivity index (χ0v) is 15.7. The number of carbonyl (C=O) groups is 3. The van der Waals surface area contributed by atoms with Crippen molar-refractivity contribution >= 4 is 34.9 Å². The highest BCUT2D eigenvalue weighted by atomic mass is 16.2. The zero-order valence-electron chi connectivity index (χ0n) is 15.7. The molecule has 0 unspecified atom stereocenters. The number of hydrogen-bond donors (Lipinski definition) is 2. The molecule has 140 valence electrons. The van der Waals surface area contributed by atoms with Crippen molar-refractivity contribution < 1.29 is 14.4 Å². The van der Waals surface area contributed by atoms with Gasteiger partial charge in [-0.2, -0.15) is 0 Å². The predicted octanol–water partition coefficient (Wildman–Crippen LogP) is 3.40. The molecule has 0 fully saturated rings. The first-order valence-electron chi connectivity index (χ1n) is 8.65.